The van der Waals surface area contributed by atoms with Crippen LogP contribution in [0.5, 0.6) is 0 Å². The zero-order valence-electron chi connectivity index (χ0n) is 13.6. The molecule has 1 fully saturated rings. The van der Waals surface area contributed by atoms with E-state index in [1.54, 1.807) is 12.1 Å². The number of hydrogen-bond acceptors (Lipinski definition) is 6. The van der Waals surface area contributed by atoms with Crippen molar-refractivity contribution >= 4 is 41.3 Å². The highest BCUT2D eigenvalue weighted by Crippen LogP contribution is 2.45. The standard InChI is InChI=1S/C16H20N2O4S2/c1-17-13(19)9-18(2)14(20)10-22-15(21)11-3-5-12(6-4-11)16-23-7-8-24-16/h3-6,16H,7-10H2,1-2H3,(H,17,19). The number of ether oxygens (including phenoxy) is 1. The van der Waals surface area contributed by atoms with Crippen LogP contribution >= 0.6 is 23.5 Å². The van der Waals surface area contributed by atoms with E-state index in [2.05, 4.69) is 5.32 Å². The van der Waals surface area contributed by atoms with E-state index in [9.17, 15) is 14.4 Å². The maximum absolute atomic E-state index is 12.0. The number of carbonyl (C=O) groups excluding carboxylic acids is 3. The molecule has 24 heavy (non-hydrogen) atoms. The summed E-state index contributed by atoms with van der Waals surface area (Å²) < 4.78 is 5.45. The number of nitrogens with one attached hydrogen (secondary N) is 1. The topological polar surface area (TPSA) is 75.7 Å². The largest absolute Gasteiger partial charge is 0.452 e. The minimum atomic E-state index is -0.546. The molecule has 0 aromatic heterocycles. The predicted molar refractivity (Wildman–Crippen MR) is 96.1 cm³/mol. The lowest BCUT2D eigenvalue weighted by atomic mass is 10.1. The molecular weight excluding hydrogens is 348 g/mol. The number of amides is 2. The van der Waals surface area contributed by atoms with Crippen LogP contribution in [0.15, 0.2) is 24.3 Å². The number of benzene rings is 1. The third-order valence-corrected chi connectivity index (χ3v) is 6.56. The second-order valence-electron chi connectivity index (χ2n) is 5.19. The first-order valence-electron chi connectivity index (χ1n) is 7.46. The molecule has 1 saturated heterocycles. The molecule has 2 rings (SSSR count). The van der Waals surface area contributed by atoms with Gasteiger partial charge in [0.2, 0.25) is 5.91 Å². The molecule has 1 N–H and O–H groups in total. The molecule has 0 aliphatic carbocycles. The van der Waals surface area contributed by atoms with Gasteiger partial charge < -0.3 is 15.0 Å². The van der Waals surface area contributed by atoms with Crippen LogP contribution < -0.4 is 5.32 Å². The summed E-state index contributed by atoms with van der Waals surface area (Å²) in [5.74, 6) is 1.03. The fraction of sp³-hybridized carbons (Fsp3) is 0.438. The summed E-state index contributed by atoms with van der Waals surface area (Å²) in [5, 5.41) is 2.43. The summed E-state index contributed by atoms with van der Waals surface area (Å²) in [7, 11) is 2.98. The number of rotatable bonds is 6. The van der Waals surface area contributed by atoms with E-state index in [-0.39, 0.29) is 19.1 Å². The fourth-order valence-electron chi connectivity index (χ4n) is 2.03. The molecule has 0 radical (unpaired) electrons. The average Bonchev–Trinajstić information content (AvgIpc) is 3.13. The highest BCUT2D eigenvalue weighted by Gasteiger charge is 2.19. The van der Waals surface area contributed by atoms with Crippen LogP contribution in [0, 0.1) is 0 Å². The van der Waals surface area contributed by atoms with Crippen molar-refractivity contribution < 1.29 is 19.1 Å². The van der Waals surface area contributed by atoms with Gasteiger partial charge in [-0.25, -0.2) is 4.79 Å². The van der Waals surface area contributed by atoms with E-state index in [0.29, 0.717) is 10.1 Å². The van der Waals surface area contributed by atoms with Crippen molar-refractivity contribution in [2.75, 3.05) is 38.8 Å². The number of carbonyl (C=O) groups is 3. The molecule has 1 aromatic rings. The van der Waals surface area contributed by atoms with Gasteiger partial charge in [-0.05, 0) is 17.7 Å². The normalized spacial score (nSPS) is 14.2. The van der Waals surface area contributed by atoms with Crippen molar-refractivity contribution in [1.82, 2.24) is 10.2 Å². The Morgan fingerprint density at radius 3 is 2.42 bits per heavy atom. The Labute approximate surface area is 149 Å². The molecule has 1 aromatic carbocycles. The van der Waals surface area contributed by atoms with Crippen molar-refractivity contribution in [1.29, 1.82) is 0 Å². The van der Waals surface area contributed by atoms with Gasteiger partial charge in [0.05, 0.1) is 16.7 Å². The molecule has 0 bridgehead atoms. The van der Waals surface area contributed by atoms with Crippen molar-refractivity contribution in [3.63, 3.8) is 0 Å². The molecule has 1 heterocycles. The molecule has 6 nitrogen and oxygen atoms in total. The lowest BCUT2D eigenvalue weighted by Crippen LogP contribution is -2.39. The average molecular weight is 368 g/mol. The molecule has 130 valence electrons. The van der Waals surface area contributed by atoms with E-state index in [4.69, 9.17) is 4.74 Å². The van der Waals surface area contributed by atoms with E-state index >= 15 is 0 Å². The summed E-state index contributed by atoms with van der Waals surface area (Å²) in [6, 6.07) is 7.28. The summed E-state index contributed by atoms with van der Waals surface area (Å²) in [6.45, 7) is -0.458. The molecule has 8 heteroatoms. The highest BCUT2D eigenvalue weighted by molar-refractivity contribution is 8.19. The van der Waals surface area contributed by atoms with E-state index in [0.717, 1.165) is 11.5 Å². The molecule has 0 unspecified atom stereocenters. The molecule has 1 aliphatic rings. The van der Waals surface area contributed by atoms with Crippen molar-refractivity contribution in [2.45, 2.75) is 4.58 Å². The lowest BCUT2D eigenvalue weighted by Gasteiger charge is -2.16. The van der Waals surface area contributed by atoms with Crippen LogP contribution in [0.25, 0.3) is 0 Å². The third-order valence-electron chi connectivity index (χ3n) is 3.45. The molecule has 1 aliphatic heterocycles. The predicted octanol–water partition coefficient (Wildman–Crippen LogP) is 1.53. The van der Waals surface area contributed by atoms with E-state index in [1.807, 2.05) is 35.7 Å². The second kappa shape index (κ2) is 8.98. The van der Waals surface area contributed by atoms with Gasteiger partial charge in [0, 0.05) is 25.6 Å². The minimum absolute atomic E-state index is 0.0711. The molecule has 0 saturated carbocycles. The highest BCUT2D eigenvalue weighted by atomic mass is 32.2. The van der Waals surface area contributed by atoms with Gasteiger partial charge in [0.15, 0.2) is 6.61 Å². The van der Waals surface area contributed by atoms with Crippen LogP contribution in [-0.4, -0.2) is 61.4 Å². The van der Waals surface area contributed by atoms with Crippen LogP contribution in [-0.2, 0) is 14.3 Å². The van der Waals surface area contributed by atoms with Crippen molar-refractivity contribution in [2.24, 2.45) is 0 Å². The zero-order valence-corrected chi connectivity index (χ0v) is 15.2. The zero-order chi connectivity index (χ0) is 17.5. The first-order valence-corrected chi connectivity index (χ1v) is 9.56. The van der Waals surface area contributed by atoms with Gasteiger partial charge in [-0.1, -0.05) is 12.1 Å². The number of thioether (sulfide) groups is 2. The Kier molecular flexibility index (Phi) is 6.99. The molecule has 0 atom stereocenters. The number of esters is 1. The van der Waals surface area contributed by atoms with Gasteiger partial charge in [0.1, 0.15) is 0 Å². The van der Waals surface area contributed by atoms with Gasteiger partial charge in [-0.3, -0.25) is 9.59 Å². The minimum Gasteiger partial charge on any atom is -0.452 e. The number of likely N-dealkylation sites (N-methyl/N-ethyl adjacent to an activating group) is 2. The first-order chi connectivity index (χ1) is 11.5. The van der Waals surface area contributed by atoms with Crippen molar-refractivity contribution in [3.05, 3.63) is 35.4 Å². The Balaban J connectivity index is 1.83. The van der Waals surface area contributed by atoms with Gasteiger partial charge in [-0.15, -0.1) is 23.5 Å². The first kappa shape index (κ1) is 18.7. The Hall–Kier alpha value is -1.67. The van der Waals surface area contributed by atoms with E-state index in [1.165, 1.54) is 24.6 Å². The molecular formula is C16H20N2O4S2. The Morgan fingerprint density at radius 1 is 1.21 bits per heavy atom. The summed E-state index contributed by atoms with van der Waals surface area (Å²) in [4.78, 5) is 36.2. The summed E-state index contributed by atoms with van der Waals surface area (Å²) in [5.41, 5.74) is 1.59. The maximum Gasteiger partial charge on any atom is 0.338 e. The second-order valence-corrected chi connectivity index (χ2v) is 7.92. The van der Waals surface area contributed by atoms with Gasteiger partial charge >= 0.3 is 5.97 Å². The van der Waals surface area contributed by atoms with Gasteiger partial charge in [0.25, 0.3) is 5.91 Å². The smallest absolute Gasteiger partial charge is 0.338 e. The summed E-state index contributed by atoms with van der Waals surface area (Å²) >= 11 is 3.80. The number of nitrogens with zero attached hydrogens (tertiary/aromatic N) is 1. The number of hydrogen-bond donors (Lipinski definition) is 1. The van der Waals surface area contributed by atoms with Crippen LogP contribution in [0.2, 0.25) is 0 Å². The maximum atomic E-state index is 12.0. The Morgan fingerprint density at radius 2 is 1.83 bits per heavy atom. The van der Waals surface area contributed by atoms with Crippen LogP contribution in [0.1, 0.15) is 20.5 Å². The lowest BCUT2D eigenvalue weighted by molar-refractivity contribution is -0.137. The van der Waals surface area contributed by atoms with Crippen LogP contribution in [0.4, 0.5) is 0 Å². The fourth-order valence-corrected chi connectivity index (χ4v) is 4.89. The van der Waals surface area contributed by atoms with Crippen molar-refractivity contribution in [3.8, 4) is 0 Å². The van der Waals surface area contributed by atoms with E-state index < -0.39 is 11.9 Å². The SMILES string of the molecule is CNC(=O)CN(C)C(=O)COC(=O)c1ccc(C2SCCS2)cc1. The molecule has 2 amide bonds. The monoisotopic (exact) mass is 368 g/mol. The van der Waals surface area contributed by atoms with Crippen LogP contribution in [0.3, 0.4) is 0 Å². The Bertz CT molecular complexity index is 601. The third kappa shape index (κ3) is 5.17. The summed E-state index contributed by atoms with van der Waals surface area (Å²) in [6.07, 6.45) is 0. The van der Waals surface area contributed by atoms with Gasteiger partial charge in [-0.2, -0.15) is 0 Å². The quantitative estimate of drug-likeness (QED) is 0.768. The molecule has 0 spiro atoms.